The van der Waals surface area contributed by atoms with Crippen molar-refractivity contribution in [3.05, 3.63) is 89.1 Å². The van der Waals surface area contributed by atoms with E-state index in [9.17, 15) is 4.79 Å². The van der Waals surface area contributed by atoms with Gasteiger partial charge in [0.2, 0.25) is 0 Å². The first-order valence-corrected chi connectivity index (χ1v) is 8.46. The highest BCUT2D eigenvalue weighted by molar-refractivity contribution is 5.77. The van der Waals surface area contributed by atoms with Gasteiger partial charge in [0, 0.05) is 6.20 Å². The summed E-state index contributed by atoms with van der Waals surface area (Å²) in [5.41, 5.74) is 0.436. The average Bonchev–Trinajstić information content (AvgIpc) is 2.73. The Morgan fingerprint density at radius 1 is 0.926 bits per heavy atom. The van der Waals surface area contributed by atoms with Gasteiger partial charge in [0.15, 0.2) is 17.3 Å². The second kappa shape index (κ2) is 7.29. The Labute approximate surface area is 155 Å². The minimum atomic E-state index is -0.182. The Hall–Kier alpha value is -3.67. The number of pyridine rings is 1. The van der Waals surface area contributed by atoms with Gasteiger partial charge in [-0.1, -0.05) is 30.3 Å². The van der Waals surface area contributed by atoms with Crippen LogP contribution in [0, 0.1) is 0 Å². The highest BCUT2D eigenvalue weighted by Gasteiger charge is 2.14. The van der Waals surface area contributed by atoms with Gasteiger partial charge in [-0.15, -0.1) is 0 Å². The molecule has 0 aliphatic rings. The number of benzene rings is 2. The van der Waals surface area contributed by atoms with Crippen molar-refractivity contribution in [1.29, 1.82) is 0 Å². The van der Waals surface area contributed by atoms with Crippen molar-refractivity contribution < 1.29 is 9.47 Å². The Bertz CT molecular complexity index is 1140. The SMILES string of the molecule is COc1ccccc1OCc1nc2ccccc2c(=O)n1-c1ccccn1. The number of rotatable bonds is 5. The Morgan fingerprint density at radius 2 is 1.67 bits per heavy atom. The van der Waals surface area contributed by atoms with Crippen molar-refractivity contribution >= 4 is 10.9 Å². The molecule has 4 aromatic rings. The standard InChI is InChI=1S/C21H17N3O3/c1-26-17-10-4-5-11-18(17)27-14-20-23-16-9-3-2-8-15(16)21(25)24(20)19-12-6-7-13-22-19/h2-13H,14H2,1H3. The van der Waals surface area contributed by atoms with Gasteiger partial charge in [-0.05, 0) is 36.4 Å². The zero-order valence-electron chi connectivity index (χ0n) is 14.7. The van der Waals surface area contributed by atoms with Crippen LogP contribution in [-0.4, -0.2) is 21.6 Å². The molecule has 0 saturated heterocycles. The van der Waals surface area contributed by atoms with Crippen LogP contribution in [-0.2, 0) is 6.61 Å². The Morgan fingerprint density at radius 3 is 2.44 bits per heavy atom. The van der Waals surface area contributed by atoms with Crippen molar-refractivity contribution in [1.82, 2.24) is 14.5 Å². The summed E-state index contributed by atoms with van der Waals surface area (Å²) in [4.78, 5) is 22.0. The number of hydrogen-bond acceptors (Lipinski definition) is 5. The fourth-order valence-corrected chi connectivity index (χ4v) is 2.88. The number of nitrogens with zero attached hydrogens (tertiary/aromatic N) is 3. The van der Waals surface area contributed by atoms with E-state index in [1.807, 2.05) is 48.5 Å². The molecule has 0 fully saturated rings. The van der Waals surface area contributed by atoms with Gasteiger partial charge in [-0.3, -0.25) is 4.79 Å². The van der Waals surface area contributed by atoms with Gasteiger partial charge in [0.25, 0.3) is 5.56 Å². The van der Waals surface area contributed by atoms with E-state index in [4.69, 9.17) is 9.47 Å². The van der Waals surface area contributed by atoms with Gasteiger partial charge >= 0.3 is 0 Å². The molecule has 2 aromatic heterocycles. The second-order valence-electron chi connectivity index (χ2n) is 5.81. The lowest BCUT2D eigenvalue weighted by molar-refractivity contribution is 0.273. The van der Waals surface area contributed by atoms with Gasteiger partial charge in [-0.2, -0.15) is 0 Å². The van der Waals surface area contributed by atoms with Crippen LogP contribution in [0.15, 0.2) is 77.7 Å². The lowest BCUT2D eigenvalue weighted by Crippen LogP contribution is -2.25. The van der Waals surface area contributed by atoms with E-state index >= 15 is 0 Å². The molecule has 0 radical (unpaired) electrons. The molecule has 0 bridgehead atoms. The van der Waals surface area contributed by atoms with Crippen LogP contribution >= 0.6 is 0 Å². The molecule has 4 rings (SSSR count). The van der Waals surface area contributed by atoms with Crippen LogP contribution in [0.5, 0.6) is 11.5 Å². The van der Waals surface area contributed by atoms with Crippen LogP contribution in [0.1, 0.15) is 5.82 Å². The third-order valence-corrected chi connectivity index (χ3v) is 4.15. The second-order valence-corrected chi connectivity index (χ2v) is 5.81. The van der Waals surface area contributed by atoms with E-state index in [1.165, 1.54) is 4.57 Å². The van der Waals surface area contributed by atoms with Gasteiger partial charge in [0.1, 0.15) is 12.4 Å². The number of hydrogen-bond donors (Lipinski definition) is 0. The first-order valence-electron chi connectivity index (χ1n) is 8.46. The number of methoxy groups -OCH3 is 1. The average molecular weight is 359 g/mol. The smallest absolute Gasteiger partial charge is 0.267 e. The lowest BCUT2D eigenvalue weighted by atomic mass is 10.2. The predicted octanol–water partition coefficient (Wildman–Crippen LogP) is 3.37. The molecule has 134 valence electrons. The molecule has 0 aliphatic heterocycles. The molecule has 2 aromatic carbocycles. The highest BCUT2D eigenvalue weighted by atomic mass is 16.5. The largest absolute Gasteiger partial charge is 0.493 e. The zero-order valence-corrected chi connectivity index (χ0v) is 14.7. The number of para-hydroxylation sites is 3. The third-order valence-electron chi connectivity index (χ3n) is 4.15. The van der Waals surface area contributed by atoms with Gasteiger partial charge in [-0.25, -0.2) is 14.5 Å². The van der Waals surface area contributed by atoms with E-state index in [1.54, 1.807) is 31.5 Å². The fraction of sp³-hybridized carbons (Fsp3) is 0.0952. The number of ether oxygens (including phenoxy) is 2. The van der Waals surface area contributed by atoms with Crippen molar-refractivity contribution in [2.24, 2.45) is 0 Å². The van der Waals surface area contributed by atoms with Gasteiger partial charge < -0.3 is 9.47 Å². The molecule has 0 saturated carbocycles. The highest BCUT2D eigenvalue weighted by Crippen LogP contribution is 2.26. The maximum Gasteiger partial charge on any atom is 0.267 e. The van der Waals surface area contributed by atoms with E-state index in [2.05, 4.69) is 9.97 Å². The van der Waals surface area contributed by atoms with Crippen molar-refractivity contribution in [2.45, 2.75) is 6.61 Å². The molecule has 6 nitrogen and oxygen atoms in total. The summed E-state index contributed by atoms with van der Waals surface area (Å²) in [5.74, 6) is 2.16. The van der Waals surface area contributed by atoms with Crippen molar-refractivity contribution in [3.8, 4) is 17.3 Å². The molecule has 0 spiro atoms. The fourth-order valence-electron chi connectivity index (χ4n) is 2.88. The molecular weight excluding hydrogens is 342 g/mol. The summed E-state index contributed by atoms with van der Waals surface area (Å²) in [6, 6.07) is 20.0. The molecule has 0 aliphatic carbocycles. The number of aromatic nitrogens is 3. The lowest BCUT2D eigenvalue weighted by Gasteiger charge is -2.14. The molecule has 27 heavy (non-hydrogen) atoms. The maximum absolute atomic E-state index is 13.1. The van der Waals surface area contributed by atoms with Crippen molar-refractivity contribution in [2.75, 3.05) is 7.11 Å². The molecule has 6 heteroatoms. The first-order chi connectivity index (χ1) is 13.3. The maximum atomic E-state index is 13.1. The molecule has 0 N–H and O–H groups in total. The quantitative estimate of drug-likeness (QED) is 0.547. The van der Waals surface area contributed by atoms with E-state index in [-0.39, 0.29) is 12.2 Å². The monoisotopic (exact) mass is 359 g/mol. The van der Waals surface area contributed by atoms with E-state index in [0.717, 1.165) is 0 Å². The van der Waals surface area contributed by atoms with Crippen LogP contribution in [0.2, 0.25) is 0 Å². The zero-order chi connectivity index (χ0) is 18.6. The molecule has 2 heterocycles. The summed E-state index contributed by atoms with van der Waals surface area (Å²) in [6.07, 6.45) is 1.64. The summed E-state index contributed by atoms with van der Waals surface area (Å²) in [6.45, 7) is 0.0943. The van der Waals surface area contributed by atoms with Crippen molar-refractivity contribution in [3.63, 3.8) is 0 Å². The third kappa shape index (κ3) is 3.25. The number of fused-ring (bicyclic) bond motifs is 1. The normalized spacial score (nSPS) is 10.7. The van der Waals surface area contributed by atoms with Crippen LogP contribution in [0.25, 0.3) is 16.7 Å². The summed E-state index contributed by atoms with van der Waals surface area (Å²) in [5, 5.41) is 0.532. The minimum Gasteiger partial charge on any atom is -0.493 e. The summed E-state index contributed by atoms with van der Waals surface area (Å²) in [7, 11) is 1.58. The van der Waals surface area contributed by atoms with Crippen LogP contribution in [0.4, 0.5) is 0 Å². The summed E-state index contributed by atoms with van der Waals surface area (Å²) < 4.78 is 12.7. The molecule has 0 amide bonds. The predicted molar refractivity (Wildman–Crippen MR) is 102 cm³/mol. The Balaban J connectivity index is 1.82. The Kier molecular flexibility index (Phi) is 4.53. The van der Waals surface area contributed by atoms with E-state index < -0.39 is 0 Å². The topological polar surface area (TPSA) is 66.2 Å². The summed E-state index contributed by atoms with van der Waals surface area (Å²) >= 11 is 0. The molecule has 0 atom stereocenters. The van der Waals surface area contributed by atoms with Crippen LogP contribution in [0.3, 0.4) is 0 Å². The van der Waals surface area contributed by atoms with Crippen LogP contribution < -0.4 is 15.0 Å². The minimum absolute atomic E-state index is 0.0943. The van der Waals surface area contributed by atoms with E-state index in [0.29, 0.717) is 34.0 Å². The first kappa shape index (κ1) is 16.8. The van der Waals surface area contributed by atoms with Gasteiger partial charge in [0.05, 0.1) is 18.0 Å². The molecule has 0 unspecified atom stereocenters. The molecular formula is C21H17N3O3.